The molecule has 1 aromatic carbocycles. The first-order chi connectivity index (χ1) is 9.95. The van der Waals surface area contributed by atoms with Gasteiger partial charge in [0.2, 0.25) is 0 Å². The van der Waals surface area contributed by atoms with Gasteiger partial charge in [0.05, 0.1) is 12.1 Å². The predicted molar refractivity (Wildman–Crippen MR) is 77.2 cm³/mol. The topological polar surface area (TPSA) is 79.3 Å². The Morgan fingerprint density at radius 2 is 2.00 bits per heavy atom. The number of aryl methyl sites for hydroxylation is 2. The van der Waals surface area contributed by atoms with Crippen molar-refractivity contribution >= 4 is 28.3 Å². The van der Waals surface area contributed by atoms with Crippen LogP contribution in [0.5, 0.6) is 0 Å². The number of hydrogen-bond acceptors (Lipinski definition) is 4. The van der Waals surface area contributed by atoms with Gasteiger partial charge in [-0.05, 0) is 37.6 Å². The average Bonchev–Trinajstić information content (AvgIpc) is 2.77. The van der Waals surface area contributed by atoms with E-state index in [1.807, 2.05) is 0 Å². The lowest BCUT2D eigenvalue weighted by Crippen LogP contribution is -2.11. The van der Waals surface area contributed by atoms with E-state index in [2.05, 4.69) is 10.3 Å². The van der Waals surface area contributed by atoms with Crippen molar-refractivity contribution in [3.05, 3.63) is 46.2 Å². The second-order valence-electron chi connectivity index (χ2n) is 4.38. The molecular formula is C14H13FN2O3S. The molecule has 0 saturated carbocycles. The monoisotopic (exact) mass is 308 g/mol. The number of thiazole rings is 1. The average molecular weight is 308 g/mol. The summed E-state index contributed by atoms with van der Waals surface area (Å²) in [6.45, 7) is 1.77. The third kappa shape index (κ3) is 4.09. The summed E-state index contributed by atoms with van der Waals surface area (Å²) < 4.78 is 12.8. The lowest BCUT2D eigenvalue weighted by Gasteiger charge is -2.01. The highest BCUT2D eigenvalue weighted by Crippen LogP contribution is 2.24. The second kappa shape index (κ2) is 6.45. The molecule has 7 heteroatoms. The predicted octanol–water partition coefficient (Wildman–Crippen LogP) is 2.86. The van der Waals surface area contributed by atoms with Crippen LogP contribution < -0.4 is 5.32 Å². The molecule has 0 spiro atoms. The molecular weight excluding hydrogens is 295 g/mol. The first-order valence-electron chi connectivity index (χ1n) is 6.20. The summed E-state index contributed by atoms with van der Waals surface area (Å²) in [4.78, 5) is 27.5. The highest BCUT2D eigenvalue weighted by Gasteiger charge is 2.12. The fraction of sp³-hybridized carbons (Fsp3) is 0.214. The van der Waals surface area contributed by atoms with Gasteiger partial charge in [0.25, 0.3) is 5.91 Å². The molecule has 1 heterocycles. The van der Waals surface area contributed by atoms with Crippen molar-refractivity contribution in [2.75, 3.05) is 5.32 Å². The van der Waals surface area contributed by atoms with Crippen molar-refractivity contribution < 1.29 is 19.1 Å². The number of carbonyl (C=O) groups excluding carboxylic acids is 1. The molecule has 21 heavy (non-hydrogen) atoms. The molecule has 2 rings (SSSR count). The standard InChI is InChI=1S/C14H13FN2O3S/c1-8-11(6-7-12(18)19)21-14(16-8)17-13(20)9-2-4-10(15)5-3-9/h2-5H,6-7H2,1H3,(H,18,19)(H,16,17,20). The molecule has 0 unspecified atom stereocenters. The molecule has 5 nitrogen and oxygen atoms in total. The number of aromatic nitrogens is 1. The maximum Gasteiger partial charge on any atom is 0.303 e. The van der Waals surface area contributed by atoms with Crippen LogP contribution in [0, 0.1) is 12.7 Å². The first kappa shape index (κ1) is 15.1. The minimum atomic E-state index is -0.875. The molecule has 0 atom stereocenters. The fourth-order valence-electron chi connectivity index (χ4n) is 1.70. The third-order valence-electron chi connectivity index (χ3n) is 2.79. The molecule has 110 valence electrons. The second-order valence-corrected chi connectivity index (χ2v) is 5.47. The van der Waals surface area contributed by atoms with E-state index in [0.717, 1.165) is 4.88 Å². The highest BCUT2D eigenvalue weighted by atomic mass is 32.1. The van der Waals surface area contributed by atoms with Crippen LogP contribution in [0.15, 0.2) is 24.3 Å². The quantitative estimate of drug-likeness (QED) is 0.890. The smallest absolute Gasteiger partial charge is 0.303 e. The Hall–Kier alpha value is -2.28. The molecule has 0 fully saturated rings. The van der Waals surface area contributed by atoms with Crippen LogP contribution in [-0.4, -0.2) is 22.0 Å². The number of benzene rings is 1. The van der Waals surface area contributed by atoms with Crippen molar-refractivity contribution in [2.45, 2.75) is 19.8 Å². The molecule has 0 radical (unpaired) electrons. The van der Waals surface area contributed by atoms with Gasteiger partial charge >= 0.3 is 5.97 Å². The minimum Gasteiger partial charge on any atom is -0.481 e. The van der Waals surface area contributed by atoms with Crippen LogP contribution >= 0.6 is 11.3 Å². The zero-order valence-corrected chi connectivity index (χ0v) is 12.0. The number of aliphatic carboxylic acids is 1. The van der Waals surface area contributed by atoms with Gasteiger partial charge in [-0.15, -0.1) is 11.3 Å². The Morgan fingerprint density at radius 1 is 1.33 bits per heavy atom. The zero-order chi connectivity index (χ0) is 15.4. The molecule has 0 aliphatic rings. The zero-order valence-electron chi connectivity index (χ0n) is 11.2. The van der Waals surface area contributed by atoms with Crippen molar-refractivity contribution in [2.24, 2.45) is 0 Å². The normalized spacial score (nSPS) is 10.4. The van der Waals surface area contributed by atoms with Gasteiger partial charge < -0.3 is 5.11 Å². The molecule has 2 N–H and O–H groups in total. The maximum absolute atomic E-state index is 12.8. The van der Waals surface area contributed by atoms with E-state index < -0.39 is 11.8 Å². The number of carbonyl (C=O) groups is 2. The summed E-state index contributed by atoms with van der Waals surface area (Å²) in [6, 6.07) is 5.19. The summed E-state index contributed by atoms with van der Waals surface area (Å²) in [5.41, 5.74) is 1.03. The highest BCUT2D eigenvalue weighted by molar-refractivity contribution is 7.15. The summed E-state index contributed by atoms with van der Waals surface area (Å²) in [6.07, 6.45) is 0.402. The number of nitrogens with zero attached hydrogens (tertiary/aromatic N) is 1. The fourth-order valence-corrected chi connectivity index (χ4v) is 2.66. The molecule has 1 aromatic heterocycles. The van der Waals surface area contributed by atoms with Crippen LogP contribution in [0.25, 0.3) is 0 Å². The van der Waals surface area contributed by atoms with Crippen LogP contribution in [0.1, 0.15) is 27.3 Å². The van der Waals surface area contributed by atoms with E-state index in [0.29, 0.717) is 22.8 Å². The van der Waals surface area contributed by atoms with Gasteiger partial charge in [0.1, 0.15) is 5.82 Å². The van der Waals surface area contributed by atoms with E-state index in [1.165, 1.54) is 35.6 Å². The van der Waals surface area contributed by atoms with Crippen LogP contribution in [0.2, 0.25) is 0 Å². The maximum atomic E-state index is 12.8. The number of nitrogens with one attached hydrogen (secondary N) is 1. The number of hydrogen-bond donors (Lipinski definition) is 2. The molecule has 0 aliphatic heterocycles. The summed E-state index contributed by atoms with van der Waals surface area (Å²) in [7, 11) is 0. The summed E-state index contributed by atoms with van der Waals surface area (Å²) in [5.74, 6) is -1.67. The Kier molecular flexibility index (Phi) is 4.64. The molecule has 0 bridgehead atoms. The number of carboxylic acid groups (broad SMARTS) is 1. The van der Waals surface area contributed by atoms with Gasteiger partial charge in [-0.1, -0.05) is 0 Å². The van der Waals surface area contributed by atoms with E-state index >= 15 is 0 Å². The van der Waals surface area contributed by atoms with Crippen molar-refractivity contribution in [3.8, 4) is 0 Å². The van der Waals surface area contributed by atoms with Gasteiger partial charge in [0, 0.05) is 10.4 Å². The van der Waals surface area contributed by atoms with Crippen LogP contribution in [0.3, 0.4) is 0 Å². The lowest BCUT2D eigenvalue weighted by atomic mass is 10.2. The minimum absolute atomic E-state index is 0.0222. The van der Waals surface area contributed by atoms with E-state index in [4.69, 9.17) is 5.11 Å². The van der Waals surface area contributed by atoms with Crippen molar-refractivity contribution in [1.29, 1.82) is 0 Å². The Morgan fingerprint density at radius 3 is 2.62 bits per heavy atom. The van der Waals surface area contributed by atoms with Gasteiger partial charge in [-0.25, -0.2) is 9.37 Å². The van der Waals surface area contributed by atoms with E-state index in [9.17, 15) is 14.0 Å². The van der Waals surface area contributed by atoms with Gasteiger partial charge in [0.15, 0.2) is 5.13 Å². The van der Waals surface area contributed by atoms with Crippen LogP contribution in [0.4, 0.5) is 9.52 Å². The number of halogens is 1. The molecule has 0 saturated heterocycles. The summed E-state index contributed by atoms with van der Waals surface area (Å²) >= 11 is 1.25. The number of carboxylic acids is 1. The first-order valence-corrected chi connectivity index (χ1v) is 7.02. The number of rotatable bonds is 5. The number of amides is 1. The van der Waals surface area contributed by atoms with Crippen molar-refractivity contribution in [1.82, 2.24) is 4.98 Å². The Labute approximate surface area is 124 Å². The van der Waals surface area contributed by atoms with Gasteiger partial charge in [-0.3, -0.25) is 14.9 Å². The number of anilines is 1. The van der Waals surface area contributed by atoms with E-state index in [1.54, 1.807) is 6.92 Å². The molecule has 0 aliphatic carbocycles. The summed E-state index contributed by atoms with van der Waals surface area (Å²) in [5, 5.41) is 11.7. The Balaban J connectivity index is 2.05. The largest absolute Gasteiger partial charge is 0.481 e. The van der Waals surface area contributed by atoms with Crippen LogP contribution in [-0.2, 0) is 11.2 Å². The Bertz CT molecular complexity index is 667. The third-order valence-corrected chi connectivity index (χ3v) is 3.92. The SMILES string of the molecule is Cc1nc(NC(=O)c2ccc(F)cc2)sc1CCC(=O)O. The lowest BCUT2D eigenvalue weighted by molar-refractivity contribution is -0.136. The van der Waals surface area contributed by atoms with Gasteiger partial charge in [-0.2, -0.15) is 0 Å². The van der Waals surface area contributed by atoms with E-state index in [-0.39, 0.29) is 12.3 Å². The van der Waals surface area contributed by atoms with Crippen molar-refractivity contribution in [3.63, 3.8) is 0 Å². The molecule has 1 amide bonds. The molecule has 2 aromatic rings.